The summed E-state index contributed by atoms with van der Waals surface area (Å²) in [6.07, 6.45) is 0.677. The lowest BCUT2D eigenvalue weighted by Crippen LogP contribution is -2.41. The zero-order chi connectivity index (χ0) is 35.1. The zero-order valence-electron chi connectivity index (χ0n) is 31.8. The van der Waals surface area contributed by atoms with Crippen molar-refractivity contribution in [1.29, 1.82) is 0 Å². The fraction of sp³-hybridized carbons (Fsp3) is 0.800. The maximum absolute atomic E-state index is 14.6. The van der Waals surface area contributed by atoms with Gasteiger partial charge in [-0.3, -0.25) is 9.05 Å². The predicted molar refractivity (Wildman–Crippen MR) is 186 cm³/mol. The van der Waals surface area contributed by atoms with Crippen LogP contribution in [0.25, 0.3) is 0 Å². The first-order valence-corrected chi connectivity index (χ1v) is 20.2. The fourth-order valence-electron chi connectivity index (χ4n) is 4.70. The first-order chi connectivity index (χ1) is 19.1. The Morgan fingerprint density at radius 2 is 1.20 bits per heavy atom. The Bertz CT molecular complexity index is 1190. The summed E-state index contributed by atoms with van der Waals surface area (Å²) >= 11 is 0. The Kier molecular flexibility index (Phi) is 12.2. The van der Waals surface area contributed by atoms with Crippen LogP contribution in [0.4, 0.5) is 0 Å². The molecule has 0 aliphatic carbocycles. The van der Waals surface area contributed by atoms with E-state index in [1.807, 2.05) is 96.1 Å². The molecule has 0 aromatic heterocycles. The third kappa shape index (κ3) is 11.9. The molecule has 0 radical (unpaired) electrons. The molecule has 0 atom stereocenters. The number of carbonyl (C=O) groups excluding carboxylic acids is 1. The number of rotatable bonds is 10. The van der Waals surface area contributed by atoms with Crippen LogP contribution in [0, 0.1) is 6.92 Å². The number of phosphoric ester groups is 1. The Morgan fingerprint density at radius 1 is 0.750 bits per heavy atom. The summed E-state index contributed by atoms with van der Waals surface area (Å²) in [5, 5.41) is 0.0804. The molecule has 0 aliphatic rings. The number of benzene rings is 1. The molecule has 1 aromatic rings. The average molecular weight is 657 g/mol. The molecule has 256 valence electrons. The molecule has 0 unspecified atom stereocenters. The summed E-state index contributed by atoms with van der Waals surface area (Å²) in [5.74, 6) is -0.128. The second kappa shape index (κ2) is 13.1. The molecule has 0 spiro atoms. The van der Waals surface area contributed by atoms with Crippen LogP contribution in [0.15, 0.2) is 6.07 Å². The van der Waals surface area contributed by atoms with Gasteiger partial charge >= 0.3 is 13.8 Å². The van der Waals surface area contributed by atoms with E-state index in [4.69, 9.17) is 22.7 Å². The minimum Gasteiger partial charge on any atom is -0.456 e. The maximum atomic E-state index is 14.6. The van der Waals surface area contributed by atoms with Gasteiger partial charge in [-0.05, 0) is 116 Å². The van der Waals surface area contributed by atoms with Crippen LogP contribution in [0.3, 0.4) is 0 Å². The SMILES string of the molecule is Cc1cc(C(=O)OC(C)(C)C)c(C(C)(C)C)c(OP(=O)(OC(C)(C)C)OC(C)(C)C)c1C(C)(C)CCO[Si](C)(C)C(C)(C)C. The van der Waals surface area contributed by atoms with Crippen LogP contribution < -0.4 is 4.52 Å². The van der Waals surface area contributed by atoms with Gasteiger partial charge in [0.05, 0.1) is 16.8 Å². The third-order valence-corrected chi connectivity index (χ3v) is 14.0. The van der Waals surface area contributed by atoms with Gasteiger partial charge in [0, 0.05) is 17.7 Å². The highest BCUT2D eigenvalue weighted by Crippen LogP contribution is 2.59. The lowest BCUT2D eigenvalue weighted by molar-refractivity contribution is 0.00613. The number of phosphoric acid groups is 1. The molecule has 9 heteroatoms. The van der Waals surface area contributed by atoms with Gasteiger partial charge < -0.3 is 13.7 Å². The summed E-state index contributed by atoms with van der Waals surface area (Å²) in [5.41, 5.74) is -0.862. The average Bonchev–Trinajstić information content (AvgIpc) is 2.66. The second-order valence-corrected chi connectivity index (χ2v) is 24.5. The molecule has 0 heterocycles. The number of hydrogen-bond acceptors (Lipinski definition) is 7. The molecule has 0 saturated heterocycles. The smallest absolute Gasteiger partial charge is 0.456 e. The summed E-state index contributed by atoms with van der Waals surface area (Å²) < 4.78 is 45.9. The first-order valence-electron chi connectivity index (χ1n) is 15.9. The van der Waals surface area contributed by atoms with E-state index >= 15 is 0 Å². The predicted octanol–water partition coefficient (Wildman–Crippen LogP) is 11.1. The minimum absolute atomic E-state index is 0.0804. The van der Waals surface area contributed by atoms with E-state index in [0.717, 1.165) is 11.1 Å². The number of esters is 1. The highest BCUT2D eigenvalue weighted by atomic mass is 31.2. The van der Waals surface area contributed by atoms with Gasteiger partial charge in [0.15, 0.2) is 8.32 Å². The molecule has 0 amide bonds. The number of ether oxygens (including phenoxy) is 1. The van der Waals surface area contributed by atoms with Crippen molar-refractivity contribution >= 4 is 22.1 Å². The van der Waals surface area contributed by atoms with E-state index in [-0.39, 0.29) is 5.04 Å². The van der Waals surface area contributed by atoms with Crippen LogP contribution in [0.2, 0.25) is 18.1 Å². The summed E-state index contributed by atoms with van der Waals surface area (Å²) in [7, 11) is -6.23. The van der Waals surface area contributed by atoms with Gasteiger partial charge in [-0.15, -0.1) is 0 Å². The largest absolute Gasteiger partial charge is 0.531 e. The van der Waals surface area contributed by atoms with Crippen molar-refractivity contribution in [2.75, 3.05) is 6.61 Å². The molecular formula is C35H65O7PSi. The van der Waals surface area contributed by atoms with Crippen LogP contribution in [-0.4, -0.2) is 37.7 Å². The van der Waals surface area contributed by atoms with Crippen LogP contribution in [-0.2, 0) is 33.6 Å². The highest BCUT2D eigenvalue weighted by Gasteiger charge is 2.44. The van der Waals surface area contributed by atoms with Gasteiger partial charge in [-0.1, -0.05) is 55.4 Å². The van der Waals surface area contributed by atoms with Gasteiger partial charge in [-0.25, -0.2) is 9.36 Å². The van der Waals surface area contributed by atoms with Crippen LogP contribution in [0.5, 0.6) is 5.75 Å². The number of carbonyl (C=O) groups is 1. The van der Waals surface area contributed by atoms with E-state index in [2.05, 4.69) is 47.7 Å². The van der Waals surface area contributed by atoms with Crippen LogP contribution >= 0.6 is 7.82 Å². The molecule has 0 N–H and O–H groups in total. The summed E-state index contributed by atoms with van der Waals surface area (Å²) in [4.78, 5) is 13.8. The van der Waals surface area contributed by atoms with Gasteiger partial charge in [0.2, 0.25) is 0 Å². The molecule has 0 saturated carbocycles. The Hall–Kier alpha value is -1.18. The second-order valence-electron chi connectivity index (χ2n) is 18.3. The van der Waals surface area contributed by atoms with Crippen molar-refractivity contribution in [1.82, 2.24) is 0 Å². The van der Waals surface area contributed by atoms with E-state index in [0.29, 0.717) is 29.9 Å². The molecule has 7 nitrogen and oxygen atoms in total. The molecule has 1 aromatic carbocycles. The van der Waals surface area contributed by atoms with E-state index < -0.39 is 49.7 Å². The molecular weight excluding hydrogens is 591 g/mol. The lowest BCUT2D eigenvalue weighted by atomic mass is 9.73. The molecule has 44 heavy (non-hydrogen) atoms. The highest BCUT2D eigenvalue weighted by molar-refractivity contribution is 7.49. The van der Waals surface area contributed by atoms with E-state index in [1.54, 1.807) is 0 Å². The standard InChI is InChI=1S/C35H65O7PSi/c1-24-23-25(29(36)39-31(5,6)7)27(30(2,3)4)28(40-43(37,41-32(8,9)10)42-33(11,12)13)26(24)35(17,18)21-22-38-44(19,20)34(14,15)16/h23H,21-22H2,1-20H3. The van der Waals surface area contributed by atoms with Crippen molar-refractivity contribution in [2.45, 2.75) is 177 Å². The summed E-state index contributed by atoms with van der Waals surface area (Å²) in [6.45, 7) is 40.4. The van der Waals surface area contributed by atoms with Crippen molar-refractivity contribution in [3.8, 4) is 5.75 Å². The van der Waals surface area contributed by atoms with Crippen molar-refractivity contribution < 1.29 is 32.1 Å². The Labute approximate surface area is 271 Å². The maximum Gasteiger partial charge on any atom is 0.531 e. The third-order valence-electron chi connectivity index (χ3n) is 7.49. The normalized spacial score (nSPS) is 14.5. The minimum atomic E-state index is -4.24. The topological polar surface area (TPSA) is 80.3 Å². The molecule has 0 aliphatic heterocycles. The van der Waals surface area contributed by atoms with Crippen molar-refractivity contribution in [2.24, 2.45) is 0 Å². The molecule has 0 bridgehead atoms. The number of hydrogen-bond donors (Lipinski definition) is 0. The van der Waals surface area contributed by atoms with Gasteiger partial charge in [0.25, 0.3) is 0 Å². The number of aryl methyl sites for hydroxylation is 1. The van der Waals surface area contributed by atoms with Gasteiger partial charge in [0.1, 0.15) is 11.4 Å². The van der Waals surface area contributed by atoms with Crippen LogP contribution in [0.1, 0.15) is 151 Å². The van der Waals surface area contributed by atoms with E-state index in [1.165, 1.54) is 0 Å². The Balaban J connectivity index is 4.13. The lowest BCUT2D eigenvalue weighted by Gasteiger charge is -2.39. The quantitative estimate of drug-likeness (QED) is 0.141. The summed E-state index contributed by atoms with van der Waals surface area (Å²) in [6, 6.07) is 1.88. The molecule has 0 fully saturated rings. The molecule has 1 rings (SSSR count). The zero-order valence-corrected chi connectivity index (χ0v) is 33.7. The Morgan fingerprint density at radius 3 is 1.57 bits per heavy atom. The first kappa shape index (κ1) is 40.8. The van der Waals surface area contributed by atoms with Gasteiger partial charge in [-0.2, -0.15) is 0 Å². The van der Waals surface area contributed by atoms with Crippen molar-refractivity contribution in [3.63, 3.8) is 0 Å². The van der Waals surface area contributed by atoms with E-state index in [9.17, 15) is 9.36 Å². The monoisotopic (exact) mass is 656 g/mol. The fourth-order valence-corrected chi connectivity index (χ4v) is 7.60. The van der Waals surface area contributed by atoms with Crippen molar-refractivity contribution in [3.05, 3.63) is 28.3 Å².